The van der Waals surface area contributed by atoms with Gasteiger partial charge in [0.15, 0.2) is 4.90 Å². The lowest BCUT2D eigenvalue weighted by atomic mass is 9.90. The van der Waals surface area contributed by atoms with Crippen molar-refractivity contribution in [1.29, 1.82) is 0 Å². The summed E-state index contributed by atoms with van der Waals surface area (Å²) in [5.41, 5.74) is -1.62. The molecule has 9 heteroatoms. The van der Waals surface area contributed by atoms with E-state index in [0.717, 1.165) is 18.2 Å². The third kappa shape index (κ3) is 4.45. The van der Waals surface area contributed by atoms with Crippen LogP contribution in [-0.4, -0.2) is 31.6 Å². The van der Waals surface area contributed by atoms with Crippen LogP contribution in [0.4, 0.5) is 10.1 Å². The number of benzene rings is 1. The number of aliphatic hydroxyl groups excluding tert-OH is 1. The van der Waals surface area contributed by atoms with Crippen molar-refractivity contribution in [3.8, 4) is 0 Å². The van der Waals surface area contributed by atoms with Crippen LogP contribution in [0.2, 0.25) is 0 Å². The number of rotatable bonds is 7. The van der Waals surface area contributed by atoms with Gasteiger partial charge in [-0.05, 0) is 24.0 Å². The van der Waals surface area contributed by atoms with Crippen LogP contribution in [0.3, 0.4) is 0 Å². The third-order valence-electron chi connectivity index (χ3n) is 2.95. The Hall–Kier alpha value is -1.58. The van der Waals surface area contributed by atoms with Gasteiger partial charge in [0.25, 0.3) is 0 Å². The monoisotopic (exact) mass is 320 g/mol. The van der Waals surface area contributed by atoms with Gasteiger partial charge in [0.1, 0.15) is 0 Å². The Morgan fingerprint density at radius 1 is 1.43 bits per heavy atom. The second-order valence-electron chi connectivity index (χ2n) is 5.31. The second kappa shape index (κ2) is 6.46. The van der Waals surface area contributed by atoms with Gasteiger partial charge in [0, 0.05) is 13.2 Å². The highest BCUT2D eigenvalue weighted by molar-refractivity contribution is 7.89. The molecule has 118 valence electrons. The van der Waals surface area contributed by atoms with Crippen LogP contribution in [0, 0.1) is 21.3 Å². The molecule has 0 aromatic heterocycles. The number of hydrogen-bond acceptors (Lipinski definition) is 5. The zero-order valence-corrected chi connectivity index (χ0v) is 12.5. The lowest BCUT2D eigenvalue weighted by Crippen LogP contribution is -2.34. The maximum Gasteiger partial charge on any atom is 0.324 e. The van der Waals surface area contributed by atoms with Gasteiger partial charge in [-0.1, -0.05) is 19.9 Å². The molecule has 0 atom stereocenters. The molecule has 0 radical (unpaired) electrons. The molecule has 0 amide bonds. The zero-order chi connectivity index (χ0) is 16.3. The standard InChI is InChI=1S/C12H17FN2O5S/c1-12(2,6-7-16)8-14-21(19,20)10-5-3-4-9(13)11(10)15(17)18/h3-5,14,16H,6-8H2,1-2H3. The van der Waals surface area contributed by atoms with Gasteiger partial charge in [0.05, 0.1) is 4.92 Å². The predicted molar refractivity (Wildman–Crippen MR) is 73.7 cm³/mol. The molecular weight excluding hydrogens is 303 g/mol. The first-order chi connectivity index (χ1) is 9.60. The molecule has 0 fully saturated rings. The summed E-state index contributed by atoms with van der Waals surface area (Å²) >= 11 is 0. The fourth-order valence-corrected chi connectivity index (χ4v) is 3.07. The molecular formula is C12H17FN2O5S. The van der Waals surface area contributed by atoms with Gasteiger partial charge in [0.2, 0.25) is 15.8 Å². The van der Waals surface area contributed by atoms with E-state index >= 15 is 0 Å². The number of nitro benzene ring substituents is 1. The third-order valence-corrected chi connectivity index (χ3v) is 4.38. The van der Waals surface area contributed by atoms with Crippen molar-refractivity contribution in [3.63, 3.8) is 0 Å². The largest absolute Gasteiger partial charge is 0.396 e. The molecule has 0 saturated heterocycles. The highest BCUT2D eigenvalue weighted by Gasteiger charge is 2.30. The Labute approximate surface area is 122 Å². The summed E-state index contributed by atoms with van der Waals surface area (Å²) in [6.07, 6.45) is 0.348. The molecule has 0 saturated carbocycles. The fraction of sp³-hybridized carbons (Fsp3) is 0.500. The van der Waals surface area contributed by atoms with E-state index in [0.29, 0.717) is 6.42 Å². The maximum absolute atomic E-state index is 13.5. The second-order valence-corrected chi connectivity index (χ2v) is 7.04. The molecule has 0 aliphatic carbocycles. The summed E-state index contributed by atoms with van der Waals surface area (Å²) < 4.78 is 39.9. The minimum Gasteiger partial charge on any atom is -0.396 e. The molecule has 0 heterocycles. The highest BCUT2D eigenvalue weighted by Crippen LogP contribution is 2.27. The van der Waals surface area contributed by atoms with E-state index in [-0.39, 0.29) is 13.2 Å². The van der Waals surface area contributed by atoms with Crippen LogP contribution in [0.15, 0.2) is 23.1 Å². The summed E-state index contributed by atoms with van der Waals surface area (Å²) in [7, 11) is -4.22. The molecule has 0 aliphatic rings. The number of hydrogen-bond donors (Lipinski definition) is 2. The number of aliphatic hydroxyl groups is 1. The van der Waals surface area contributed by atoms with E-state index in [1.807, 2.05) is 0 Å². The van der Waals surface area contributed by atoms with E-state index in [1.165, 1.54) is 0 Å². The molecule has 0 unspecified atom stereocenters. The van der Waals surface area contributed by atoms with Crippen molar-refractivity contribution < 1.29 is 22.8 Å². The Kier molecular flexibility index (Phi) is 5.37. The molecule has 0 aliphatic heterocycles. The highest BCUT2D eigenvalue weighted by atomic mass is 32.2. The summed E-state index contributed by atoms with van der Waals surface area (Å²) in [4.78, 5) is 9.05. The molecule has 7 nitrogen and oxygen atoms in total. The summed E-state index contributed by atoms with van der Waals surface area (Å²) in [5, 5.41) is 19.7. The Morgan fingerprint density at radius 2 is 2.05 bits per heavy atom. The van der Waals surface area contributed by atoms with Crippen molar-refractivity contribution in [2.24, 2.45) is 5.41 Å². The lowest BCUT2D eigenvalue weighted by molar-refractivity contribution is -0.390. The number of nitro groups is 1. The molecule has 1 rings (SSSR count). The minimum atomic E-state index is -4.22. The van der Waals surface area contributed by atoms with Gasteiger partial charge < -0.3 is 5.11 Å². The zero-order valence-electron chi connectivity index (χ0n) is 11.7. The van der Waals surface area contributed by atoms with Crippen molar-refractivity contribution in [3.05, 3.63) is 34.1 Å². The first-order valence-corrected chi connectivity index (χ1v) is 7.62. The number of para-hydroxylation sites is 1. The Morgan fingerprint density at radius 3 is 2.57 bits per heavy atom. The van der Waals surface area contributed by atoms with Crippen molar-refractivity contribution in [2.75, 3.05) is 13.2 Å². The van der Waals surface area contributed by atoms with E-state index in [9.17, 15) is 22.9 Å². The normalized spacial score (nSPS) is 12.4. The predicted octanol–water partition coefficient (Wildman–Crippen LogP) is 1.42. The van der Waals surface area contributed by atoms with Gasteiger partial charge >= 0.3 is 5.69 Å². The topological polar surface area (TPSA) is 110 Å². The van der Waals surface area contributed by atoms with Gasteiger partial charge in [-0.25, -0.2) is 13.1 Å². The first-order valence-electron chi connectivity index (χ1n) is 6.14. The molecule has 1 aromatic rings. The van der Waals surface area contributed by atoms with Crippen LogP contribution >= 0.6 is 0 Å². The average molecular weight is 320 g/mol. The molecule has 21 heavy (non-hydrogen) atoms. The fourth-order valence-electron chi connectivity index (χ4n) is 1.65. The van der Waals surface area contributed by atoms with Gasteiger partial charge in [-0.15, -0.1) is 0 Å². The van der Waals surface area contributed by atoms with Crippen LogP contribution in [0.25, 0.3) is 0 Å². The Balaban J connectivity index is 3.10. The average Bonchev–Trinajstić information content (AvgIpc) is 2.36. The van der Waals surface area contributed by atoms with Gasteiger partial charge in [-0.2, -0.15) is 4.39 Å². The van der Waals surface area contributed by atoms with Crippen LogP contribution in [0.1, 0.15) is 20.3 Å². The van der Waals surface area contributed by atoms with Crippen LogP contribution in [-0.2, 0) is 10.0 Å². The first kappa shape index (κ1) is 17.5. The van der Waals surface area contributed by atoms with Crippen molar-refractivity contribution in [2.45, 2.75) is 25.2 Å². The summed E-state index contributed by atoms with van der Waals surface area (Å²) in [6.45, 7) is 3.30. The van der Waals surface area contributed by atoms with Crippen molar-refractivity contribution in [1.82, 2.24) is 4.72 Å². The molecule has 1 aromatic carbocycles. The van der Waals surface area contributed by atoms with E-state index in [2.05, 4.69) is 4.72 Å². The Bertz CT molecular complexity index is 631. The number of nitrogens with zero attached hydrogens (tertiary/aromatic N) is 1. The van der Waals surface area contributed by atoms with Crippen molar-refractivity contribution >= 4 is 15.7 Å². The summed E-state index contributed by atoms with van der Waals surface area (Å²) in [6, 6.07) is 2.89. The van der Waals surface area contributed by atoms with Crippen LogP contribution in [0.5, 0.6) is 0 Å². The van der Waals surface area contributed by atoms with E-state index in [1.54, 1.807) is 13.8 Å². The quantitative estimate of drug-likeness (QED) is 0.583. The number of halogens is 1. The molecule has 0 bridgehead atoms. The minimum absolute atomic E-state index is 0.0381. The van der Waals surface area contributed by atoms with E-state index < -0.39 is 36.8 Å². The SMILES string of the molecule is CC(C)(CCO)CNS(=O)(=O)c1cccc(F)c1[N+](=O)[O-]. The van der Waals surface area contributed by atoms with E-state index in [4.69, 9.17) is 5.11 Å². The van der Waals surface area contributed by atoms with Crippen LogP contribution < -0.4 is 4.72 Å². The maximum atomic E-state index is 13.5. The lowest BCUT2D eigenvalue weighted by Gasteiger charge is -2.23. The molecule has 2 N–H and O–H groups in total. The van der Waals surface area contributed by atoms with Gasteiger partial charge in [-0.3, -0.25) is 10.1 Å². The smallest absolute Gasteiger partial charge is 0.324 e. The summed E-state index contributed by atoms with van der Waals surface area (Å²) in [5.74, 6) is -1.21. The number of nitrogens with one attached hydrogen (secondary N) is 1. The molecule has 0 spiro atoms. The number of sulfonamides is 1.